The number of hydrogen-bond acceptors (Lipinski definition) is 3. The van der Waals surface area contributed by atoms with Gasteiger partial charge in [0.25, 0.3) is 0 Å². The van der Waals surface area contributed by atoms with Gasteiger partial charge < -0.3 is 5.32 Å². The third kappa shape index (κ3) is 4.69. The van der Waals surface area contributed by atoms with E-state index in [2.05, 4.69) is 38.4 Å². The standard InChI is InChI=1S/C15H28N2S/c1-6-7-8-9-10-12(16-5)14-17-13(11-18-14)15(2,3)4/h11-12,16H,6-10H2,1-5H3. The van der Waals surface area contributed by atoms with Crippen LogP contribution in [0.15, 0.2) is 5.38 Å². The second-order valence-electron chi connectivity index (χ2n) is 6.01. The van der Waals surface area contributed by atoms with Crippen LogP contribution < -0.4 is 5.32 Å². The van der Waals surface area contributed by atoms with E-state index in [1.165, 1.54) is 42.8 Å². The Kier molecular flexibility index (Phi) is 6.30. The van der Waals surface area contributed by atoms with Gasteiger partial charge in [-0.15, -0.1) is 11.3 Å². The normalized spacial score (nSPS) is 13.8. The zero-order valence-electron chi connectivity index (χ0n) is 12.5. The zero-order valence-corrected chi connectivity index (χ0v) is 13.4. The number of nitrogens with one attached hydrogen (secondary N) is 1. The summed E-state index contributed by atoms with van der Waals surface area (Å²) in [5.74, 6) is 0. The first kappa shape index (κ1) is 15.6. The van der Waals surface area contributed by atoms with E-state index < -0.39 is 0 Å². The average Bonchev–Trinajstić information content (AvgIpc) is 2.78. The van der Waals surface area contributed by atoms with E-state index >= 15 is 0 Å². The molecule has 0 fully saturated rings. The molecule has 1 aromatic heterocycles. The maximum Gasteiger partial charge on any atom is 0.110 e. The predicted molar refractivity (Wildman–Crippen MR) is 81.4 cm³/mol. The van der Waals surface area contributed by atoms with Gasteiger partial charge in [0.15, 0.2) is 0 Å². The number of unbranched alkanes of at least 4 members (excludes halogenated alkanes) is 3. The largest absolute Gasteiger partial charge is 0.311 e. The van der Waals surface area contributed by atoms with Gasteiger partial charge in [0.2, 0.25) is 0 Å². The smallest absolute Gasteiger partial charge is 0.110 e. The van der Waals surface area contributed by atoms with Crippen LogP contribution in [0, 0.1) is 0 Å². The molecule has 1 aromatic rings. The molecule has 1 N–H and O–H groups in total. The second-order valence-corrected chi connectivity index (χ2v) is 6.90. The SMILES string of the molecule is CCCCCCC(NC)c1nc(C(C)(C)C)cs1. The first-order valence-corrected chi connectivity index (χ1v) is 8.00. The van der Waals surface area contributed by atoms with E-state index in [0.29, 0.717) is 6.04 Å². The van der Waals surface area contributed by atoms with Crippen LogP contribution >= 0.6 is 11.3 Å². The summed E-state index contributed by atoms with van der Waals surface area (Å²) in [7, 11) is 2.04. The molecule has 0 spiro atoms. The van der Waals surface area contributed by atoms with Crippen molar-refractivity contribution < 1.29 is 0 Å². The first-order valence-electron chi connectivity index (χ1n) is 7.12. The monoisotopic (exact) mass is 268 g/mol. The van der Waals surface area contributed by atoms with Gasteiger partial charge in [-0.1, -0.05) is 53.4 Å². The van der Waals surface area contributed by atoms with Gasteiger partial charge in [-0.05, 0) is 13.5 Å². The number of rotatable bonds is 7. The summed E-state index contributed by atoms with van der Waals surface area (Å²) < 4.78 is 0. The molecule has 0 aliphatic heterocycles. The fraction of sp³-hybridized carbons (Fsp3) is 0.800. The highest BCUT2D eigenvalue weighted by Crippen LogP contribution is 2.28. The lowest BCUT2D eigenvalue weighted by Crippen LogP contribution is -2.17. The summed E-state index contributed by atoms with van der Waals surface area (Å²) in [6, 6.07) is 0.433. The summed E-state index contributed by atoms with van der Waals surface area (Å²) >= 11 is 1.80. The van der Waals surface area contributed by atoms with E-state index in [4.69, 9.17) is 4.98 Å². The van der Waals surface area contributed by atoms with E-state index in [0.717, 1.165) is 0 Å². The van der Waals surface area contributed by atoms with Gasteiger partial charge >= 0.3 is 0 Å². The predicted octanol–water partition coefficient (Wildman–Crippen LogP) is 4.67. The Morgan fingerprint density at radius 2 is 2.00 bits per heavy atom. The molecule has 2 nitrogen and oxygen atoms in total. The molecule has 0 aromatic carbocycles. The lowest BCUT2D eigenvalue weighted by molar-refractivity contribution is 0.497. The van der Waals surface area contributed by atoms with E-state index in [1.54, 1.807) is 11.3 Å². The van der Waals surface area contributed by atoms with Crippen molar-refractivity contribution in [2.75, 3.05) is 7.05 Å². The van der Waals surface area contributed by atoms with E-state index in [9.17, 15) is 0 Å². The van der Waals surface area contributed by atoms with Crippen LogP contribution in [0.3, 0.4) is 0 Å². The van der Waals surface area contributed by atoms with Gasteiger partial charge in [0.1, 0.15) is 5.01 Å². The molecule has 1 atom stereocenters. The van der Waals surface area contributed by atoms with Crippen molar-refractivity contribution in [3.8, 4) is 0 Å². The highest BCUT2D eigenvalue weighted by atomic mass is 32.1. The Labute approximate surface area is 116 Å². The van der Waals surface area contributed by atoms with Gasteiger partial charge in [-0.25, -0.2) is 4.98 Å². The minimum Gasteiger partial charge on any atom is -0.311 e. The fourth-order valence-corrected chi connectivity index (χ4v) is 3.15. The number of thiazole rings is 1. The van der Waals surface area contributed by atoms with Crippen LogP contribution in [0.1, 0.15) is 76.5 Å². The fourth-order valence-electron chi connectivity index (χ4n) is 1.96. The minimum absolute atomic E-state index is 0.162. The molecule has 3 heteroatoms. The Bertz CT molecular complexity index is 339. The summed E-state index contributed by atoms with van der Waals surface area (Å²) in [5.41, 5.74) is 1.38. The van der Waals surface area contributed by atoms with Gasteiger partial charge in [0, 0.05) is 10.8 Å². The van der Waals surface area contributed by atoms with Crippen LogP contribution in [0.25, 0.3) is 0 Å². The quantitative estimate of drug-likeness (QED) is 0.727. The number of aromatic nitrogens is 1. The second kappa shape index (κ2) is 7.25. The Balaban J connectivity index is 2.57. The van der Waals surface area contributed by atoms with Crippen LogP contribution in [-0.4, -0.2) is 12.0 Å². The summed E-state index contributed by atoms with van der Waals surface area (Å²) in [6.45, 7) is 8.93. The molecule has 0 saturated heterocycles. The molecular weight excluding hydrogens is 240 g/mol. The summed E-state index contributed by atoms with van der Waals surface area (Å²) in [5, 5.41) is 6.87. The highest BCUT2D eigenvalue weighted by Gasteiger charge is 2.20. The Morgan fingerprint density at radius 3 is 2.50 bits per heavy atom. The van der Waals surface area contributed by atoms with Gasteiger partial charge in [0.05, 0.1) is 11.7 Å². The van der Waals surface area contributed by atoms with Crippen molar-refractivity contribution in [2.45, 2.75) is 71.3 Å². The van der Waals surface area contributed by atoms with Crippen LogP contribution in [-0.2, 0) is 5.41 Å². The summed E-state index contributed by atoms with van der Waals surface area (Å²) in [6.07, 6.45) is 6.49. The molecule has 104 valence electrons. The third-order valence-corrected chi connectivity index (χ3v) is 4.24. The molecular formula is C15H28N2S. The molecule has 0 aliphatic carbocycles. The molecule has 0 amide bonds. The Morgan fingerprint density at radius 1 is 1.28 bits per heavy atom. The molecule has 1 rings (SSSR count). The van der Waals surface area contributed by atoms with Crippen LogP contribution in [0.5, 0.6) is 0 Å². The summed E-state index contributed by atoms with van der Waals surface area (Å²) in [4.78, 5) is 4.81. The first-order chi connectivity index (χ1) is 8.49. The highest BCUT2D eigenvalue weighted by molar-refractivity contribution is 7.09. The topological polar surface area (TPSA) is 24.9 Å². The van der Waals surface area contributed by atoms with Crippen LogP contribution in [0.2, 0.25) is 0 Å². The molecule has 0 aliphatic rings. The zero-order chi connectivity index (χ0) is 13.6. The van der Waals surface area contributed by atoms with Crippen molar-refractivity contribution in [3.05, 3.63) is 16.1 Å². The third-order valence-electron chi connectivity index (χ3n) is 3.28. The van der Waals surface area contributed by atoms with Crippen molar-refractivity contribution in [1.29, 1.82) is 0 Å². The van der Waals surface area contributed by atoms with Crippen molar-refractivity contribution in [1.82, 2.24) is 10.3 Å². The van der Waals surface area contributed by atoms with Gasteiger partial charge in [-0.3, -0.25) is 0 Å². The lowest BCUT2D eigenvalue weighted by Gasteiger charge is -2.16. The molecule has 1 heterocycles. The minimum atomic E-state index is 0.162. The van der Waals surface area contributed by atoms with Crippen LogP contribution in [0.4, 0.5) is 0 Å². The van der Waals surface area contributed by atoms with Gasteiger partial charge in [-0.2, -0.15) is 0 Å². The number of hydrogen-bond donors (Lipinski definition) is 1. The maximum atomic E-state index is 4.81. The Hall–Kier alpha value is -0.410. The molecule has 0 bridgehead atoms. The average molecular weight is 268 g/mol. The van der Waals surface area contributed by atoms with Crippen molar-refractivity contribution >= 4 is 11.3 Å². The molecule has 0 radical (unpaired) electrons. The van der Waals surface area contributed by atoms with Crippen molar-refractivity contribution in [2.24, 2.45) is 0 Å². The van der Waals surface area contributed by atoms with E-state index in [1.807, 2.05) is 7.05 Å². The maximum absolute atomic E-state index is 4.81. The molecule has 1 unspecified atom stereocenters. The lowest BCUT2D eigenvalue weighted by atomic mass is 9.93. The van der Waals surface area contributed by atoms with Crippen molar-refractivity contribution in [3.63, 3.8) is 0 Å². The molecule has 18 heavy (non-hydrogen) atoms. The van der Waals surface area contributed by atoms with E-state index in [-0.39, 0.29) is 5.41 Å². The molecule has 0 saturated carbocycles. The number of nitrogens with zero attached hydrogens (tertiary/aromatic N) is 1.